The minimum atomic E-state index is 0.0683. The summed E-state index contributed by atoms with van der Waals surface area (Å²) in [5, 5.41) is 0.757. The number of halogens is 1. The molecule has 0 bridgehead atoms. The summed E-state index contributed by atoms with van der Waals surface area (Å²) in [6.07, 6.45) is 10.2. The van der Waals surface area contributed by atoms with Crippen molar-refractivity contribution < 1.29 is 9.53 Å². The van der Waals surface area contributed by atoms with Crippen molar-refractivity contribution in [2.24, 2.45) is 0 Å². The van der Waals surface area contributed by atoms with Crippen LogP contribution in [0.1, 0.15) is 36.8 Å². The number of amides is 1. The van der Waals surface area contributed by atoms with Gasteiger partial charge in [-0.2, -0.15) is 0 Å². The first-order chi connectivity index (χ1) is 14.1. The number of allylic oxidation sites excluding steroid dienone is 1. The second kappa shape index (κ2) is 8.80. The van der Waals surface area contributed by atoms with E-state index in [1.165, 1.54) is 18.4 Å². The molecule has 2 aliphatic heterocycles. The summed E-state index contributed by atoms with van der Waals surface area (Å²) in [5.74, 6) is 1.34. The molecule has 2 heterocycles. The lowest BCUT2D eigenvalue weighted by molar-refractivity contribution is -0.128. The molecule has 1 amide bonds. The number of likely N-dealkylation sites (tertiary alicyclic amines) is 1. The fourth-order valence-electron chi connectivity index (χ4n) is 4.23. The number of nitrogens with zero attached hydrogens (tertiary/aromatic N) is 3. The Morgan fingerprint density at radius 2 is 1.90 bits per heavy atom. The Balaban J connectivity index is 1.33. The number of benzene rings is 1. The van der Waals surface area contributed by atoms with E-state index in [1.807, 2.05) is 17.0 Å². The molecular formula is C23H30ClN3O2. The molecule has 3 aliphatic rings. The lowest BCUT2D eigenvalue weighted by Gasteiger charge is -2.47. The maximum atomic E-state index is 12.7. The number of methoxy groups -OCH3 is 1. The third-order valence-electron chi connectivity index (χ3n) is 6.16. The minimum absolute atomic E-state index is 0.0683. The van der Waals surface area contributed by atoms with Crippen molar-refractivity contribution in [2.75, 3.05) is 46.4 Å². The van der Waals surface area contributed by atoms with E-state index in [2.05, 4.69) is 35.1 Å². The number of carbonyl (C=O) groups is 1. The molecule has 1 aromatic carbocycles. The molecule has 1 aromatic rings. The number of carbonyl (C=O) groups excluding carboxylic acids is 1. The smallest absolute Gasteiger partial charge is 0.246 e. The molecule has 1 saturated carbocycles. The van der Waals surface area contributed by atoms with Crippen LogP contribution in [0.15, 0.2) is 30.5 Å². The van der Waals surface area contributed by atoms with Crippen LogP contribution in [0.3, 0.4) is 0 Å². The van der Waals surface area contributed by atoms with Crippen LogP contribution in [0.5, 0.6) is 5.75 Å². The Morgan fingerprint density at radius 1 is 1.17 bits per heavy atom. The Bertz CT molecular complexity index is 805. The van der Waals surface area contributed by atoms with Gasteiger partial charge in [0.25, 0.3) is 0 Å². The first-order valence-electron chi connectivity index (χ1n) is 10.5. The quantitative estimate of drug-likeness (QED) is 0.665. The predicted octanol–water partition coefficient (Wildman–Crippen LogP) is 3.60. The van der Waals surface area contributed by atoms with Crippen LogP contribution in [-0.4, -0.2) is 73.0 Å². The summed E-state index contributed by atoms with van der Waals surface area (Å²) < 4.78 is 5.47. The fourth-order valence-corrected chi connectivity index (χ4v) is 4.54. The number of rotatable bonds is 6. The zero-order valence-electron chi connectivity index (χ0n) is 17.3. The Kier molecular flexibility index (Phi) is 6.16. The van der Waals surface area contributed by atoms with Crippen molar-refractivity contribution in [3.63, 3.8) is 0 Å². The SMILES string of the molecule is CC=CN1CC(N2CCN(C(=O)/C=C/c3cc(C4CC4)c(Cl)cc3OC)CC2)C1. The number of piperazine rings is 1. The predicted molar refractivity (Wildman–Crippen MR) is 117 cm³/mol. The van der Waals surface area contributed by atoms with Crippen molar-refractivity contribution in [1.29, 1.82) is 0 Å². The van der Waals surface area contributed by atoms with Gasteiger partial charge in [-0.25, -0.2) is 0 Å². The molecule has 0 atom stereocenters. The second-order valence-corrected chi connectivity index (χ2v) is 8.58. The summed E-state index contributed by atoms with van der Waals surface area (Å²) in [7, 11) is 1.64. The van der Waals surface area contributed by atoms with Crippen LogP contribution in [0.25, 0.3) is 6.08 Å². The highest BCUT2D eigenvalue weighted by Gasteiger charge is 2.32. The average molecular weight is 416 g/mol. The summed E-state index contributed by atoms with van der Waals surface area (Å²) >= 11 is 6.39. The maximum Gasteiger partial charge on any atom is 0.246 e. The molecule has 0 spiro atoms. The van der Waals surface area contributed by atoms with Crippen molar-refractivity contribution in [1.82, 2.24) is 14.7 Å². The van der Waals surface area contributed by atoms with E-state index >= 15 is 0 Å². The van der Waals surface area contributed by atoms with Crippen molar-refractivity contribution in [3.05, 3.63) is 46.6 Å². The van der Waals surface area contributed by atoms with E-state index < -0.39 is 0 Å². The van der Waals surface area contributed by atoms with Gasteiger partial charge in [-0.1, -0.05) is 17.7 Å². The van der Waals surface area contributed by atoms with Gasteiger partial charge < -0.3 is 14.5 Å². The van der Waals surface area contributed by atoms with Crippen molar-refractivity contribution >= 4 is 23.6 Å². The van der Waals surface area contributed by atoms with Gasteiger partial charge in [0.05, 0.1) is 7.11 Å². The lowest BCUT2D eigenvalue weighted by Crippen LogP contribution is -2.61. The monoisotopic (exact) mass is 415 g/mol. The van der Waals surface area contributed by atoms with Gasteiger partial charge >= 0.3 is 0 Å². The second-order valence-electron chi connectivity index (χ2n) is 8.17. The van der Waals surface area contributed by atoms with Gasteiger partial charge in [-0.3, -0.25) is 9.69 Å². The Hall–Kier alpha value is -1.98. The van der Waals surface area contributed by atoms with Crippen LogP contribution in [-0.2, 0) is 4.79 Å². The van der Waals surface area contributed by atoms with Crippen LogP contribution in [0.2, 0.25) is 5.02 Å². The molecule has 2 saturated heterocycles. The highest BCUT2D eigenvalue weighted by molar-refractivity contribution is 6.31. The van der Waals surface area contributed by atoms with E-state index in [1.54, 1.807) is 13.2 Å². The third-order valence-corrected chi connectivity index (χ3v) is 6.49. The van der Waals surface area contributed by atoms with E-state index in [0.29, 0.717) is 17.7 Å². The van der Waals surface area contributed by atoms with Crippen molar-refractivity contribution in [3.8, 4) is 5.75 Å². The molecule has 3 fully saturated rings. The molecular weight excluding hydrogens is 386 g/mol. The molecule has 0 N–H and O–H groups in total. The molecule has 4 rings (SSSR count). The van der Waals surface area contributed by atoms with Crippen LogP contribution >= 0.6 is 11.6 Å². The molecule has 29 heavy (non-hydrogen) atoms. The van der Waals surface area contributed by atoms with E-state index in [9.17, 15) is 4.79 Å². The standard InChI is InChI=1S/C23H30ClN3O2/c1-3-8-25-15-19(16-25)26-9-11-27(12-10-26)23(28)7-6-18-13-20(17-4-5-17)21(24)14-22(18)29-2/h3,6-8,13-14,17,19H,4-5,9-12,15-16H2,1-2H3/b7-6+,8-3?. The summed E-state index contributed by atoms with van der Waals surface area (Å²) in [5.41, 5.74) is 2.09. The molecule has 0 aromatic heterocycles. The lowest BCUT2D eigenvalue weighted by atomic mass is 10.0. The largest absolute Gasteiger partial charge is 0.496 e. The number of ether oxygens (including phenoxy) is 1. The van der Waals surface area contributed by atoms with Crippen molar-refractivity contribution in [2.45, 2.75) is 31.7 Å². The van der Waals surface area contributed by atoms with Crippen LogP contribution < -0.4 is 4.74 Å². The highest BCUT2D eigenvalue weighted by Crippen LogP contribution is 2.45. The molecule has 0 radical (unpaired) electrons. The first kappa shape index (κ1) is 20.3. The maximum absolute atomic E-state index is 12.7. The average Bonchev–Trinajstić information content (AvgIpc) is 3.54. The van der Waals surface area contributed by atoms with E-state index in [4.69, 9.17) is 16.3 Å². The summed E-state index contributed by atoms with van der Waals surface area (Å²) in [6.45, 7) is 7.71. The van der Waals surface area contributed by atoms with Gasteiger partial charge in [-0.15, -0.1) is 0 Å². The molecule has 0 unspecified atom stereocenters. The Morgan fingerprint density at radius 3 is 2.52 bits per heavy atom. The van der Waals surface area contributed by atoms with E-state index in [0.717, 1.165) is 49.9 Å². The highest BCUT2D eigenvalue weighted by atomic mass is 35.5. The third kappa shape index (κ3) is 4.62. The van der Waals surface area contributed by atoms with Gasteiger partial charge in [0.1, 0.15) is 5.75 Å². The van der Waals surface area contributed by atoms with Gasteiger partial charge in [0.2, 0.25) is 5.91 Å². The van der Waals surface area contributed by atoms with E-state index in [-0.39, 0.29) is 5.91 Å². The van der Waals surface area contributed by atoms with Crippen LogP contribution in [0, 0.1) is 0 Å². The zero-order chi connectivity index (χ0) is 20.4. The topological polar surface area (TPSA) is 36.0 Å². The number of hydrogen-bond acceptors (Lipinski definition) is 4. The van der Waals surface area contributed by atoms with Crippen LogP contribution in [0.4, 0.5) is 0 Å². The molecule has 156 valence electrons. The summed E-state index contributed by atoms with van der Waals surface area (Å²) in [6, 6.07) is 4.57. The molecule has 1 aliphatic carbocycles. The molecule has 6 heteroatoms. The molecule has 5 nitrogen and oxygen atoms in total. The van der Waals surface area contributed by atoms with Gasteiger partial charge in [0, 0.05) is 62.0 Å². The summed E-state index contributed by atoms with van der Waals surface area (Å²) in [4.78, 5) is 19.5. The zero-order valence-corrected chi connectivity index (χ0v) is 18.1. The van der Waals surface area contributed by atoms with Gasteiger partial charge in [0.15, 0.2) is 0 Å². The first-order valence-corrected chi connectivity index (χ1v) is 10.9. The fraction of sp³-hybridized carbons (Fsp3) is 0.522. The minimum Gasteiger partial charge on any atom is -0.496 e. The Labute approximate surface area is 178 Å². The van der Waals surface area contributed by atoms with Gasteiger partial charge in [-0.05, 0) is 55.7 Å². The number of hydrogen-bond donors (Lipinski definition) is 0. The normalized spacial score (nSPS) is 21.2.